The molecular weight excluding hydrogens is 233 g/mol. The molecule has 2 rings (SSSR count). The van der Waals surface area contributed by atoms with E-state index in [1.807, 2.05) is 0 Å². The number of nitro groups is 1. The van der Waals surface area contributed by atoms with Crippen LogP contribution in [0.3, 0.4) is 0 Å². The van der Waals surface area contributed by atoms with Crippen LogP contribution in [0.1, 0.15) is 0 Å². The minimum absolute atomic E-state index is 0.0327. The molecule has 0 aliphatic rings. The number of benzene rings is 2. The molecular formula is C12H10BNO4. The fraction of sp³-hybridized carbons (Fsp3) is 0. The van der Waals surface area contributed by atoms with Gasteiger partial charge in [0.05, 0.1) is 4.92 Å². The van der Waals surface area contributed by atoms with Crippen molar-refractivity contribution in [1.82, 2.24) is 0 Å². The predicted octanol–water partition coefficient (Wildman–Crippen LogP) is 0.942. The topological polar surface area (TPSA) is 83.6 Å². The van der Waals surface area contributed by atoms with Gasteiger partial charge < -0.3 is 10.0 Å². The summed E-state index contributed by atoms with van der Waals surface area (Å²) in [5.74, 6) is 0. The van der Waals surface area contributed by atoms with Crippen molar-refractivity contribution in [3.05, 3.63) is 58.6 Å². The number of non-ortho nitro benzene ring substituents is 1. The van der Waals surface area contributed by atoms with Crippen molar-refractivity contribution in [1.29, 1.82) is 0 Å². The van der Waals surface area contributed by atoms with Gasteiger partial charge in [-0.3, -0.25) is 10.1 Å². The molecule has 18 heavy (non-hydrogen) atoms. The van der Waals surface area contributed by atoms with Crippen molar-refractivity contribution in [3.8, 4) is 11.1 Å². The van der Waals surface area contributed by atoms with Gasteiger partial charge in [0, 0.05) is 12.1 Å². The quantitative estimate of drug-likeness (QED) is 0.477. The molecule has 0 aromatic heterocycles. The molecule has 5 nitrogen and oxygen atoms in total. The van der Waals surface area contributed by atoms with Crippen LogP contribution >= 0.6 is 0 Å². The summed E-state index contributed by atoms with van der Waals surface area (Å²) in [5.41, 5.74) is 1.43. The third-order valence-electron chi connectivity index (χ3n) is 2.61. The van der Waals surface area contributed by atoms with E-state index in [1.165, 1.54) is 12.1 Å². The van der Waals surface area contributed by atoms with Gasteiger partial charge in [-0.25, -0.2) is 0 Å². The SMILES string of the molecule is O=[N+]([O-])c1cccc(-c2ccccc2B(O)O)c1. The Morgan fingerprint density at radius 2 is 1.78 bits per heavy atom. The van der Waals surface area contributed by atoms with Gasteiger partial charge in [-0.15, -0.1) is 0 Å². The van der Waals surface area contributed by atoms with Crippen LogP contribution in [0.5, 0.6) is 0 Å². The van der Waals surface area contributed by atoms with E-state index in [1.54, 1.807) is 36.4 Å². The Morgan fingerprint density at radius 3 is 2.44 bits per heavy atom. The molecule has 2 N–H and O–H groups in total. The second-order valence-corrected chi connectivity index (χ2v) is 3.77. The van der Waals surface area contributed by atoms with Crippen molar-refractivity contribution < 1.29 is 15.0 Å². The molecule has 0 atom stereocenters. The van der Waals surface area contributed by atoms with Crippen LogP contribution in [-0.4, -0.2) is 22.1 Å². The molecule has 0 amide bonds. The third-order valence-corrected chi connectivity index (χ3v) is 2.61. The van der Waals surface area contributed by atoms with Crippen molar-refractivity contribution in [2.24, 2.45) is 0 Å². The molecule has 0 saturated heterocycles. The largest absolute Gasteiger partial charge is 0.489 e. The fourth-order valence-corrected chi connectivity index (χ4v) is 1.77. The first-order valence-electron chi connectivity index (χ1n) is 5.29. The van der Waals surface area contributed by atoms with Crippen molar-refractivity contribution in [3.63, 3.8) is 0 Å². The van der Waals surface area contributed by atoms with Gasteiger partial charge in [0.1, 0.15) is 0 Å². The predicted molar refractivity (Wildman–Crippen MR) is 68.4 cm³/mol. The van der Waals surface area contributed by atoms with Crippen LogP contribution < -0.4 is 5.46 Å². The molecule has 0 saturated carbocycles. The molecule has 90 valence electrons. The minimum atomic E-state index is -1.61. The molecule has 0 aliphatic carbocycles. The number of hydrogen-bond acceptors (Lipinski definition) is 4. The Labute approximate surface area is 104 Å². The van der Waals surface area contributed by atoms with Crippen LogP contribution in [0.15, 0.2) is 48.5 Å². The van der Waals surface area contributed by atoms with E-state index in [0.29, 0.717) is 16.6 Å². The molecule has 2 aromatic carbocycles. The first-order valence-corrected chi connectivity index (χ1v) is 5.29. The number of hydrogen-bond donors (Lipinski definition) is 2. The Bertz CT molecular complexity index is 586. The van der Waals surface area contributed by atoms with E-state index >= 15 is 0 Å². The standard InChI is InChI=1S/C12H10BNO4/c15-13(16)12-7-2-1-6-11(12)9-4-3-5-10(8-9)14(17)18/h1-8,15-16H. The van der Waals surface area contributed by atoms with Crippen LogP contribution in [-0.2, 0) is 0 Å². The summed E-state index contributed by atoms with van der Waals surface area (Å²) in [6.45, 7) is 0. The third kappa shape index (κ3) is 2.39. The van der Waals surface area contributed by atoms with Crippen molar-refractivity contribution >= 4 is 18.3 Å². The summed E-state index contributed by atoms with van der Waals surface area (Å²) in [6, 6.07) is 12.7. The Balaban J connectivity index is 2.55. The monoisotopic (exact) mass is 243 g/mol. The molecule has 6 heteroatoms. The van der Waals surface area contributed by atoms with Gasteiger partial charge in [-0.05, 0) is 16.6 Å². The van der Waals surface area contributed by atoms with Gasteiger partial charge in [0.25, 0.3) is 5.69 Å². The van der Waals surface area contributed by atoms with Gasteiger partial charge in [0.15, 0.2) is 0 Å². The van der Waals surface area contributed by atoms with Crippen LogP contribution in [0.25, 0.3) is 11.1 Å². The average molecular weight is 243 g/mol. The lowest BCUT2D eigenvalue weighted by Crippen LogP contribution is -2.31. The van der Waals surface area contributed by atoms with E-state index in [0.717, 1.165) is 0 Å². The Kier molecular flexibility index (Phi) is 3.41. The fourth-order valence-electron chi connectivity index (χ4n) is 1.77. The zero-order valence-electron chi connectivity index (χ0n) is 9.35. The van der Waals surface area contributed by atoms with E-state index in [2.05, 4.69) is 0 Å². The summed E-state index contributed by atoms with van der Waals surface area (Å²) in [7, 11) is -1.61. The van der Waals surface area contributed by atoms with Crippen LogP contribution in [0.4, 0.5) is 5.69 Å². The smallest absolute Gasteiger partial charge is 0.423 e. The molecule has 0 heterocycles. The molecule has 0 unspecified atom stereocenters. The lowest BCUT2D eigenvalue weighted by Gasteiger charge is -2.08. The summed E-state index contributed by atoms with van der Waals surface area (Å²) >= 11 is 0. The second kappa shape index (κ2) is 4.99. The molecule has 0 spiro atoms. The number of rotatable bonds is 3. The van der Waals surface area contributed by atoms with Crippen molar-refractivity contribution in [2.75, 3.05) is 0 Å². The van der Waals surface area contributed by atoms with E-state index in [-0.39, 0.29) is 5.69 Å². The second-order valence-electron chi connectivity index (χ2n) is 3.77. The number of nitro benzene ring substituents is 1. The summed E-state index contributed by atoms with van der Waals surface area (Å²) in [4.78, 5) is 10.2. The lowest BCUT2D eigenvalue weighted by molar-refractivity contribution is -0.384. The van der Waals surface area contributed by atoms with Gasteiger partial charge in [0.2, 0.25) is 0 Å². The maximum absolute atomic E-state index is 10.7. The Hall–Kier alpha value is -2.18. The average Bonchev–Trinajstić information content (AvgIpc) is 2.39. The van der Waals surface area contributed by atoms with E-state index in [4.69, 9.17) is 0 Å². The minimum Gasteiger partial charge on any atom is -0.423 e. The maximum Gasteiger partial charge on any atom is 0.489 e. The summed E-state index contributed by atoms with van der Waals surface area (Å²) in [5, 5.41) is 29.2. The number of nitrogens with zero attached hydrogens (tertiary/aromatic N) is 1. The van der Waals surface area contributed by atoms with Crippen LogP contribution in [0.2, 0.25) is 0 Å². The normalized spacial score (nSPS) is 10.1. The van der Waals surface area contributed by atoms with Crippen molar-refractivity contribution in [2.45, 2.75) is 0 Å². The van der Waals surface area contributed by atoms with Gasteiger partial charge in [-0.2, -0.15) is 0 Å². The molecule has 2 aromatic rings. The Morgan fingerprint density at radius 1 is 1.06 bits per heavy atom. The first kappa shape index (κ1) is 12.3. The highest BCUT2D eigenvalue weighted by molar-refractivity contribution is 6.60. The van der Waals surface area contributed by atoms with E-state index in [9.17, 15) is 20.2 Å². The summed E-state index contributed by atoms with van der Waals surface area (Å²) in [6.07, 6.45) is 0. The highest BCUT2D eigenvalue weighted by Crippen LogP contribution is 2.22. The molecule has 0 bridgehead atoms. The first-order chi connectivity index (χ1) is 8.59. The molecule has 0 fully saturated rings. The zero-order valence-corrected chi connectivity index (χ0v) is 9.35. The lowest BCUT2D eigenvalue weighted by atomic mass is 9.75. The van der Waals surface area contributed by atoms with Crippen LogP contribution in [0, 0.1) is 10.1 Å². The summed E-state index contributed by atoms with van der Waals surface area (Å²) < 4.78 is 0. The van der Waals surface area contributed by atoms with Gasteiger partial charge >= 0.3 is 7.12 Å². The highest BCUT2D eigenvalue weighted by atomic mass is 16.6. The van der Waals surface area contributed by atoms with Gasteiger partial charge in [-0.1, -0.05) is 36.4 Å². The zero-order chi connectivity index (χ0) is 13.1. The molecule has 0 radical (unpaired) electrons. The van der Waals surface area contributed by atoms with E-state index < -0.39 is 12.0 Å². The maximum atomic E-state index is 10.7. The molecule has 0 aliphatic heterocycles. The highest BCUT2D eigenvalue weighted by Gasteiger charge is 2.17.